The van der Waals surface area contributed by atoms with Crippen molar-refractivity contribution in [3.8, 4) is 17.2 Å². The fourth-order valence-corrected chi connectivity index (χ4v) is 4.13. The SMILES string of the molecule is CCOc1ccc(CCNC(=O)c2cc(C)nc3c2c(C)nn3-c2ccc(C)cc2)cc1OCC. The number of hydrogen-bond acceptors (Lipinski definition) is 5. The summed E-state index contributed by atoms with van der Waals surface area (Å²) in [5, 5.41) is 8.54. The second-order valence-corrected chi connectivity index (χ2v) is 8.50. The van der Waals surface area contributed by atoms with Crippen LogP contribution < -0.4 is 14.8 Å². The number of carbonyl (C=O) groups is 1. The first-order valence-corrected chi connectivity index (χ1v) is 12.0. The van der Waals surface area contributed by atoms with Crippen molar-refractivity contribution in [2.45, 2.75) is 41.0 Å². The summed E-state index contributed by atoms with van der Waals surface area (Å²) in [5.41, 5.74) is 5.96. The zero-order chi connectivity index (χ0) is 24.9. The van der Waals surface area contributed by atoms with Crippen LogP contribution in [0.5, 0.6) is 11.5 Å². The lowest BCUT2D eigenvalue weighted by Gasteiger charge is -2.13. The summed E-state index contributed by atoms with van der Waals surface area (Å²) in [4.78, 5) is 17.9. The van der Waals surface area contributed by atoms with E-state index in [0.717, 1.165) is 39.5 Å². The van der Waals surface area contributed by atoms with Crippen molar-refractivity contribution in [2.75, 3.05) is 19.8 Å². The van der Waals surface area contributed by atoms with E-state index in [1.54, 1.807) is 0 Å². The number of benzene rings is 2. The van der Waals surface area contributed by atoms with Crippen molar-refractivity contribution >= 4 is 16.9 Å². The van der Waals surface area contributed by atoms with Gasteiger partial charge in [0.1, 0.15) is 0 Å². The van der Waals surface area contributed by atoms with Gasteiger partial charge in [0.15, 0.2) is 17.1 Å². The Bertz CT molecular complexity index is 1340. The van der Waals surface area contributed by atoms with E-state index in [2.05, 4.69) is 5.32 Å². The molecule has 2 heterocycles. The van der Waals surface area contributed by atoms with Gasteiger partial charge in [-0.25, -0.2) is 9.67 Å². The number of hydrogen-bond donors (Lipinski definition) is 1. The van der Waals surface area contributed by atoms with Crippen LogP contribution in [-0.4, -0.2) is 40.4 Å². The number of ether oxygens (including phenoxy) is 2. The highest BCUT2D eigenvalue weighted by molar-refractivity contribution is 6.06. The minimum absolute atomic E-state index is 0.136. The Morgan fingerprint density at radius 2 is 1.66 bits per heavy atom. The van der Waals surface area contributed by atoms with Crippen LogP contribution in [0, 0.1) is 20.8 Å². The van der Waals surface area contributed by atoms with Crippen LogP contribution in [0.25, 0.3) is 16.7 Å². The van der Waals surface area contributed by atoms with Gasteiger partial charge >= 0.3 is 0 Å². The third-order valence-electron chi connectivity index (χ3n) is 5.77. The number of amides is 1. The average molecular weight is 473 g/mol. The van der Waals surface area contributed by atoms with Crippen LogP contribution >= 0.6 is 0 Å². The molecule has 4 aromatic rings. The minimum Gasteiger partial charge on any atom is -0.490 e. The Morgan fingerprint density at radius 3 is 2.37 bits per heavy atom. The normalized spacial score (nSPS) is 11.0. The number of aryl methyl sites for hydroxylation is 3. The molecule has 7 heteroatoms. The highest BCUT2D eigenvalue weighted by atomic mass is 16.5. The molecule has 35 heavy (non-hydrogen) atoms. The van der Waals surface area contributed by atoms with Gasteiger partial charge in [0.2, 0.25) is 0 Å². The summed E-state index contributed by atoms with van der Waals surface area (Å²) < 4.78 is 13.2. The van der Waals surface area contributed by atoms with Crippen LogP contribution in [0.3, 0.4) is 0 Å². The molecule has 1 N–H and O–H groups in total. The summed E-state index contributed by atoms with van der Waals surface area (Å²) in [6.45, 7) is 11.4. The van der Waals surface area contributed by atoms with Gasteiger partial charge < -0.3 is 14.8 Å². The molecule has 0 fully saturated rings. The summed E-state index contributed by atoms with van der Waals surface area (Å²) in [5.74, 6) is 1.32. The molecule has 0 atom stereocenters. The lowest BCUT2D eigenvalue weighted by atomic mass is 10.1. The second-order valence-electron chi connectivity index (χ2n) is 8.50. The molecule has 0 bridgehead atoms. The smallest absolute Gasteiger partial charge is 0.252 e. The first kappa shape index (κ1) is 24.3. The molecule has 0 aliphatic carbocycles. The van der Waals surface area contributed by atoms with E-state index >= 15 is 0 Å². The molecule has 182 valence electrons. The van der Waals surface area contributed by atoms with Crippen molar-refractivity contribution in [1.29, 1.82) is 0 Å². The monoisotopic (exact) mass is 472 g/mol. The first-order valence-electron chi connectivity index (χ1n) is 12.0. The van der Waals surface area contributed by atoms with E-state index in [1.165, 1.54) is 5.56 Å². The second kappa shape index (κ2) is 10.6. The predicted molar refractivity (Wildman–Crippen MR) is 138 cm³/mol. The quantitative estimate of drug-likeness (QED) is 0.366. The molecular weight excluding hydrogens is 440 g/mol. The maximum Gasteiger partial charge on any atom is 0.252 e. The summed E-state index contributed by atoms with van der Waals surface area (Å²) in [7, 11) is 0. The number of carbonyl (C=O) groups excluding carboxylic acids is 1. The number of pyridine rings is 1. The number of rotatable bonds is 9. The third-order valence-corrected chi connectivity index (χ3v) is 5.77. The van der Waals surface area contributed by atoms with Crippen molar-refractivity contribution in [3.63, 3.8) is 0 Å². The Morgan fingerprint density at radius 1 is 0.943 bits per heavy atom. The van der Waals surface area contributed by atoms with Crippen LogP contribution in [0.2, 0.25) is 0 Å². The van der Waals surface area contributed by atoms with Gasteiger partial charge in [-0.2, -0.15) is 5.10 Å². The van der Waals surface area contributed by atoms with Crippen molar-refractivity contribution in [2.24, 2.45) is 0 Å². The molecule has 0 saturated carbocycles. The highest BCUT2D eigenvalue weighted by Gasteiger charge is 2.19. The highest BCUT2D eigenvalue weighted by Crippen LogP contribution is 2.29. The molecule has 0 unspecified atom stereocenters. The van der Waals surface area contributed by atoms with Crippen molar-refractivity contribution in [3.05, 3.63) is 76.6 Å². The largest absolute Gasteiger partial charge is 0.490 e. The van der Waals surface area contributed by atoms with Gasteiger partial charge in [-0.1, -0.05) is 23.8 Å². The zero-order valence-corrected chi connectivity index (χ0v) is 21.0. The Balaban J connectivity index is 1.55. The minimum atomic E-state index is -0.136. The maximum absolute atomic E-state index is 13.2. The van der Waals surface area contributed by atoms with Crippen molar-refractivity contribution in [1.82, 2.24) is 20.1 Å². The number of nitrogens with zero attached hydrogens (tertiary/aromatic N) is 3. The van der Waals surface area contributed by atoms with Gasteiger partial charge in [-0.15, -0.1) is 0 Å². The molecule has 1 amide bonds. The third kappa shape index (κ3) is 5.29. The molecule has 7 nitrogen and oxygen atoms in total. The standard InChI is InChI=1S/C28H32N4O3/c1-6-34-24-13-10-21(17-25(24)35-7-2)14-15-29-28(33)23-16-19(4)30-27-26(23)20(5)31-32(27)22-11-8-18(3)9-12-22/h8-13,16-17H,6-7,14-15H2,1-5H3,(H,29,33). The van der Waals surface area contributed by atoms with Gasteiger partial charge in [-0.3, -0.25) is 4.79 Å². The topological polar surface area (TPSA) is 78.3 Å². The molecule has 0 aliphatic rings. The lowest BCUT2D eigenvalue weighted by molar-refractivity contribution is 0.0955. The molecule has 2 aromatic carbocycles. The van der Waals surface area contributed by atoms with E-state index in [-0.39, 0.29) is 5.91 Å². The Kier molecular flexibility index (Phi) is 7.34. The Labute approximate surface area is 206 Å². The van der Waals surface area contributed by atoms with E-state index in [1.807, 2.05) is 87.8 Å². The molecule has 0 saturated heterocycles. The molecule has 0 spiro atoms. The van der Waals surface area contributed by atoms with E-state index in [4.69, 9.17) is 19.6 Å². The average Bonchev–Trinajstić information content (AvgIpc) is 3.16. The lowest BCUT2D eigenvalue weighted by Crippen LogP contribution is -2.26. The Hall–Kier alpha value is -3.87. The molecule has 2 aromatic heterocycles. The van der Waals surface area contributed by atoms with Gasteiger partial charge in [0.25, 0.3) is 5.91 Å². The van der Waals surface area contributed by atoms with Crippen LogP contribution in [0.15, 0.2) is 48.5 Å². The van der Waals surface area contributed by atoms with E-state index < -0.39 is 0 Å². The van der Waals surface area contributed by atoms with Crippen molar-refractivity contribution < 1.29 is 14.3 Å². The molecule has 0 radical (unpaired) electrons. The van der Waals surface area contributed by atoms with Gasteiger partial charge in [0.05, 0.1) is 35.5 Å². The summed E-state index contributed by atoms with van der Waals surface area (Å²) in [6, 6.07) is 15.8. The van der Waals surface area contributed by atoms with Crippen LogP contribution in [0.4, 0.5) is 0 Å². The predicted octanol–water partition coefficient (Wildman–Crippen LogP) is 5.12. The molecule has 4 rings (SSSR count). The number of nitrogens with one attached hydrogen (secondary N) is 1. The fourth-order valence-electron chi connectivity index (χ4n) is 4.13. The van der Waals surface area contributed by atoms with E-state index in [9.17, 15) is 4.79 Å². The van der Waals surface area contributed by atoms with Crippen LogP contribution in [0.1, 0.15) is 46.7 Å². The maximum atomic E-state index is 13.2. The summed E-state index contributed by atoms with van der Waals surface area (Å²) >= 11 is 0. The fraction of sp³-hybridized carbons (Fsp3) is 0.321. The van der Waals surface area contributed by atoms with Gasteiger partial charge in [0, 0.05) is 12.2 Å². The summed E-state index contributed by atoms with van der Waals surface area (Å²) in [6.07, 6.45) is 0.674. The molecular formula is C28H32N4O3. The zero-order valence-electron chi connectivity index (χ0n) is 21.0. The van der Waals surface area contributed by atoms with Crippen LogP contribution in [-0.2, 0) is 6.42 Å². The molecule has 0 aliphatic heterocycles. The van der Waals surface area contributed by atoms with E-state index in [0.29, 0.717) is 37.4 Å². The first-order chi connectivity index (χ1) is 16.9. The van der Waals surface area contributed by atoms with Gasteiger partial charge in [-0.05, 0) is 76.9 Å². The number of aromatic nitrogens is 3. The number of fused-ring (bicyclic) bond motifs is 1.